The van der Waals surface area contributed by atoms with Crippen LogP contribution in [0.5, 0.6) is 11.5 Å². The average Bonchev–Trinajstić information content (AvgIpc) is 3.20. The molecule has 0 saturated carbocycles. The third kappa shape index (κ3) is 4.61. The molecule has 0 aliphatic carbocycles. The summed E-state index contributed by atoms with van der Waals surface area (Å²) in [5, 5.41) is 0. The summed E-state index contributed by atoms with van der Waals surface area (Å²) in [5.74, 6) is 0.101. The number of carbonyl (C=O) groups is 2. The minimum Gasteiger partial charge on any atom is -0.491 e. The SMILES string of the molecule is COC(=O)c1ccc(OC(=O)c2ccc(OC[C@H]3CCCO3)cc2)cc1. The number of hydrogen-bond donors (Lipinski definition) is 0. The van der Waals surface area contributed by atoms with Crippen molar-refractivity contribution in [1.82, 2.24) is 0 Å². The van der Waals surface area contributed by atoms with E-state index >= 15 is 0 Å². The van der Waals surface area contributed by atoms with E-state index in [2.05, 4.69) is 4.74 Å². The fourth-order valence-electron chi connectivity index (χ4n) is 2.60. The van der Waals surface area contributed by atoms with Crippen LogP contribution in [-0.2, 0) is 9.47 Å². The van der Waals surface area contributed by atoms with E-state index in [1.807, 2.05) is 0 Å². The highest BCUT2D eigenvalue weighted by atomic mass is 16.5. The highest BCUT2D eigenvalue weighted by molar-refractivity contribution is 5.92. The van der Waals surface area contributed by atoms with Crippen molar-refractivity contribution in [2.75, 3.05) is 20.3 Å². The van der Waals surface area contributed by atoms with Crippen LogP contribution in [-0.4, -0.2) is 38.4 Å². The van der Waals surface area contributed by atoms with E-state index < -0.39 is 11.9 Å². The molecule has 0 aromatic heterocycles. The lowest BCUT2D eigenvalue weighted by molar-refractivity contribution is 0.0600. The number of rotatable bonds is 6. The van der Waals surface area contributed by atoms with Crippen LogP contribution < -0.4 is 9.47 Å². The monoisotopic (exact) mass is 356 g/mol. The summed E-state index contributed by atoms with van der Waals surface area (Å²) in [6.07, 6.45) is 2.23. The Morgan fingerprint density at radius 1 is 0.962 bits per heavy atom. The second-order valence-corrected chi connectivity index (χ2v) is 5.88. The second kappa shape index (κ2) is 8.49. The molecule has 6 heteroatoms. The second-order valence-electron chi connectivity index (χ2n) is 5.88. The summed E-state index contributed by atoms with van der Waals surface area (Å²) >= 11 is 0. The lowest BCUT2D eigenvalue weighted by atomic mass is 10.2. The van der Waals surface area contributed by atoms with Crippen molar-refractivity contribution in [3.05, 3.63) is 59.7 Å². The van der Waals surface area contributed by atoms with Gasteiger partial charge in [0.2, 0.25) is 0 Å². The molecule has 2 aromatic carbocycles. The lowest BCUT2D eigenvalue weighted by Gasteiger charge is -2.11. The smallest absolute Gasteiger partial charge is 0.343 e. The van der Waals surface area contributed by atoms with Crippen molar-refractivity contribution in [2.24, 2.45) is 0 Å². The van der Waals surface area contributed by atoms with Gasteiger partial charge in [-0.2, -0.15) is 0 Å². The Balaban J connectivity index is 1.54. The highest BCUT2D eigenvalue weighted by Gasteiger charge is 2.16. The molecule has 1 heterocycles. The standard InChI is InChI=1S/C20H20O6/c1-23-19(21)14-6-10-17(11-7-14)26-20(22)15-4-8-16(9-5-15)25-13-18-3-2-12-24-18/h4-11,18H,2-3,12-13H2,1H3/t18-/m1/s1. The molecule has 1 fully saturated rings. The van der Waals surface area contributed by atoms with E-state index in [0.717, 1.165) is 19.4 Å². The number of hydrogen-bond acceptors (Lipinski definition) is 6. The molecule has 1 atom stereocenters. The van der Waals surface area contributed by atoms with Crippen LogP contribution in [0.1, 0.15) is 33.6 Å². The third-order valence-electron chi connectivity index (χ3n) is 4.04. The van der Waals surface area contributed by atoms with Gasteiger partial charge >= 0.3 is 11.9 Å². The van der Waals surface area contributed by atoms with Crippen molar-refractivity contribution < 1.29 is 28.5 Å². The molecule has 2 aromatic rings. The Hall–Kier alpha value is -2.86. The maximum absolute atomic E-state index is 12.2. The Kier molecular flexibility index (Phi) is 5.86. The fraction of sp³-hybridized carbons (Fsp3) is 0.300. The van der Waals surface area contributed by atoms with Gasteiger partial charge in [-0.15, -0.1) is 0 Å². The van der Waals surface area contributed by atoms with Gasteiger partial charge in [-0.05, 0) is 61.4 Å². The number of esters is 2. The van der Waals surface area contributed by atoms with E-state index in [0.29, 0.717) is 29.2 Å². The molecule has 0 amide bonds. The van der Waals surface area contributed by atoms with Gasteiger partial charge in [0.15, 0.2) is 0 Å². The fourth-order valence-corrected chi connectivity index (χ4v) is 2.60. The zero-order valence-corrected chi connectivity index (χ0v) is 14.5. The van der Waals surface area contributed by atoms with E-state index in [1.54, 1.807) is 36.4 Å². The van der Waals surface area contributed by atoms with Crippen LogP contribution in [0.3, 0.4) is 0 Å². The molecule has 1 aliphatic heterocycles. The molecular weight excluding hydrogens is 336 g/mol. The van der Waals surface area contributed by atoms with E-state index in [4.69, 9.17) is 14.2 Å². The third-order valence-corrected chi connectivity index (χ3v) is 4.04. The first-order valence-corrected chi connectivity index (χ1v) is 8.41. The molecule has 3 rings (SSSR count). The molecule has 26 heavy (non-hydrogen) atoms. The first-order valence-electron chi connectivity index (χ1n) is 8.41. The van der Waals surface area contributed by atoms with Crippen LogP contribution in [0.15, 0.2) is 48.5 Å². The quantitative estimate of drug-likeness (QED) is 0.584. The van der Waals surface area contributed by atoms with Crippen molar-refractivity contribution in [3.8, 4) is 11.5 Å². The predicted molar refractivity (Wildman–Crippen MR) is 93.7 cm³/mol. The number of carbonyl (C=O) groups excluding carboxylic acids is 2. The van der Waals surface area contributed by atoms with E-state index in [1.165, 1.54) is 19.2 Å². The molecule has 0 unspecified atom stereocenters. The molecule has 1 saturated heterocycles. The first-order chi connectivity index (χ1) is 12.7. The Bertz CT molecular complexity index is 745. The maximum atomic E-state index is 12.2. The normalized spacial score (nSPS) is 16.1. The lowest BCUT2D eigenvalue weighted by Crippen LogP contribution is -2.16. The molecular formula is C20H20O6. The van der Waals surface area contributed by atoms with Crippen molar-refractivity contribution in [2.45, 2.75) is 18.9 Å². The molecule has 0 spiro atoms. The molecule has 6 nitrogen and oxygen atoms in total. The number of ether oxygens (including phenoxy) is 4. The molecule has 136 valence electrons. The topological polar surface area (TPSA) is 71.1 Å². The summed E-state index contributed by atoms with van der Waals surface area (Å²) in [6, 6.07) is 12.9. The van der Waals surface area contributed by atoms with E-state index in [-0.39, 0.29) is 6.10 Å². The van der Waals surface area contributed by atoms with Gasteiger partial charge in [-0.1, -0.05) is 0 Å². The van der Waals surface area contributed by atoms with Gasteiger partial charge in [-0.3, -0.25) is 0 Å². The van der Waals surface area contributed by atoms with E-state index in [9.17, 15) is 9.59 Å². The van der Waals surface area contributed by atoms with Gasteiger partial charge in [0.25, 0.3) is 0 Å². The zero-order chi connectivity index (χ0) is 18.4. The van der Waals surface area contributed by atoms with Gasteiger partial charge in [-0.25, -0.2) is 9.59 Å². The van der Waals surface area contributed by atoms with Crippen LogP contribution in [0, 0.1) is 0 Å². The number of benzene rings is 2. The largest absolute Gasteiger partial charge is 0.491 e. The minimum absolute atomic E-state index is 0.146. The Morgan fingerprint density at radius 2 is 1.58 bits per heavy atom. The average molecular weight is 356 g/mol. The summed E-state index contributed by atoms with van der Waals surface area (Å²) in [4.78, 5) is 23.6. The predicted octanol–water partition coefficient (Wildman–Crippen LogP) is 3.25. The first kappa shape index (κ1) is 17.9. The molecule has 0 radical (unpaired) electrons. The summed E-state index contributed by atoms with van der Waals surface area (Å²) in [5.41, 5.74) is 0.798. The van der Waals surface area contributed by atoms with Gasteiger partial charge in [0.05, 0.1) is 24.3 Å². The summed E-state index contributed by atoms with van der Waals surface area (Å²) < 4.78 is 21.1. The Morgan fingerprint density at radius 3 is 2.15 bits per heavy atom. The summed E-state index contributed by atoms with van der Waals surface area (Å²) in [6.45, 7) is 1.30. The van der Waals surface area contributed by atoms with Crippen LogP contribution in [0.2, 0.25) is 0 Å². The Labute approximate surface area is 151 Å². The van der Waals surface area contributed by atoms with Crippen molar-refractivity contribution in [1.29, 1.82) is 0 Å². The number of methoxy groups -OCH3 is 1. The van der Waals surface area contributed by atoms with Gasteiger partial charge in [0, 0.05) is 6.61 Å². The van der Waals surface area contributed by atoms with Crippen molar-refractivity contribution in [3.63, 3.8) is 0 Å². The molecule has 1 aliphatic rings. The minimum atomic E-state index is -0.485. The maximum Gasteiger partial charge on any atom is 0.343 e. The van der Waals surface area contributed by atoms with Gasteiger partial charge < -0.3 is 18.9 Å². The molecule has 0 bridgehead atoms. The van der Waals surface area contributed by atoms with Crippen molar-refractivity contribution >= 4 is 11.9 Å². The van der Waals surface area contributed by atoms with Crippen LogP contribution in [0.25, 0.3) is 0 Å². The van der Waals surface area contributed by atoms with Crippen LogP contribution >= 0.6 is 0 Å². The van der Waals surface area contributed by atoms with Gasteiger partial charge in [0.1, 0.15) is 18.1 Å². The zero-order valence-electron chi connectivity index (χ0n) is 14.5. The molecule has 0 N–H and O–H groups in total. The highest BCUT2D eigenvalue weighted by Crippen LogP contribution is 2.18. The van der Waals surface area contributed by atoms with Crippen LogP contribution in [0.4, 0.5) is 0 Å². The summed E-state index contributed by atoms with van der Waals surface area (Å²) in [7, 11) is 1.31.